The van der Waals surface area contributed by atoms with Crippen LogP contribution in [0, 0.1) is 5.92 Å². The summed E-state index contributed by atoms with van der Waals surface area (Å²) in [6.07, 6.45) is 4.51. The summed E-state index contributed by atoms with van der Waals surface area (Å²) in [6.45, 7) is 3.91. The van der Waals surface area contributed by atoms with E-state index in [0.717, 1.165) is 25.1 Å². The van der Waals surface area contributed by atoms with Crippen molar-refractivity contribution >= 4 is 21.6 Å². The fraction of sp³-hybridized carbons (Fsp3) is 0.478. The second kappa shape index (κ2) is 9.27. The fourth-order valence-electron chi connectivity index (χ4n) is 4.23. The van der Waals surface area contributed by atoms with E-state index in [1.165, 1.54) is 35.8 Å². The van der Waals surface area contributed by atoms with Gasteiger partial charge in [-0.1, -0.05) is 23.7 Å². The molecule has 2 fully saturated rings. The molecule has 4 rings (SSSR count). The molecule has 5 nitrogen and oxygen atoms in total. The average molecular weight is 449 g/mol. The van der Waals surface area contributed by atoms with Gasteiger partial charge in [0.1, 0.15) is 5.75 Å². The Bertz CT molecular complexity index is 935. The zero-order valence-corrected chi connectivity index (χ0v) is 18.9. The van der Waals surface area contributed by atoms with Gasteiger partial charge in [0, 0.05) is 25.2 Å². The lowest BCUT2D eigenvalue weighted by Gasteiger charge is -2.37. The van der Waals surface area contributed by atoms with Crippen LogP contribution >= 0.6 is 11.6 Å². The molecule has 2 aromatic rings. The number of ether oxygens (including phenoxy) is 1. The van der Waals surface area contributed by atoms with Crippen LogP contribution in [0.4, 0.5) is 0 Å². The highest BCUT2D eigenvalue weighted by Gasteiger charge is 2.34. The third-order valence-corrected chi connectivity index (χ3v) is 8.15. The molecule has 2 aromatic carbocycles. The van der Waals surface area contributed by atoms with E-state index in [0.29, 0.717) is 17.5 Å². The summed E-state index contributed by atoms with van der Waals surface area (Å²) >= 11 is 5.86. The van der Waals surface area contributed by atoms with E-state index < -0.39 is 10.0 Å². The van der Waals surface area contributed by atoms with Crippen molar-refractivity contribution in [3.05, 3.63) is 59.1 Å². The number of nitrogens with zero attached hydrogens (tertiary/aromatic N) is 2. The minimum Gasteiger partial charge on any atom is -0.490 e. The van der Waals surface area contributed by atoms with Crippen molar-refractivity contribution in [1.29, 1.82) is 0 Å². The molecule has 0 radical (unpaired) electrons. The summed E-state index contributed by atoms with van der Waals surface area (Å²) in [6, 6.07) is 14.7. The maximum Gasteiger partial charge on any atom is 0.242 e. The Labute approximate surface area is 184 Å². The van der Waals surface area contributed by atoms with Crippen LogP contribution in [-0.2, 0) is 16.6 Å². The third kappa shape index (κ3) is 5.17. The molecule has 1 saturated heterocycles. The second-order valence-electron chi connectivity index (χ2n) is 8.44. The fourth-order valence-corrected chi connectivity index (χ4v) is 5.61. The van der Waals surface area contributed by atoms with Gasteiger partial charge in [-0.3, -0.25) is 4.90 Å². The predicted octanol–water partition coefficient (Wildman–Crippen LogP) is 4.41. The summed E-state index contributed by atoms with van der Waals surface area (Å²) in [5.74, 6) is 1.21. The van der Waals surface area contributed by atoms with Gasteiger partial charge in [-0.25, -0.2) is 12.7 Å². The molecule has 0 N–H and O–H groups in total. The molecule has 0 aromatic heterocycles. The standard InChI is InChI=1S/C23H29ClN2O3S/c1-25(30(27,28)23-10-6-20(24)7-11-23)16-19-14-22(15-19)29-21-8-4-18(5-9-21)17-26-12-2-3-13-26/h4-11,19,22H,2-3,12-17H2,1H3. The number of halogens is 1. The molecule has 1 aliphatic carbocycles. The zero-order valence-electron chi connectivity index (χ0n) is 17.3. The first-order valence-electron chi connectivity index (χ1n) is 10.6. The number of hydrogen-bond donors (Lipinski definition) is 0. The van der Waals surface area contributed by atoms with Crippen molar-refractivity contribution < 1.29 is 13.2 Å². The van der Waals surface area contributed by atoms with Gasteiger partial charge in [0.2, 0.25) is 10.0 Å². The Morgan fingerprint density at radius 2 is 1.67 bits per heavy atom. The minimum atomic E-state index is -3.49. The molecular weight excluding hydrogens is 420 g/mol. The van der Waals surface area contributed by atoms with E-state index in [4.69, 9.17) is 16.3 Å². The molecule has 30 heavy (non-hydrogen) atoms. The van der Waals surface area contributed by atoms with Crippen LogP contribution in [-0.4, -0.2) is 50.4 Å². The van der Waals surface area contributed by atoms with Crippen LogP contribution in [0.5, 0.6) is 5.75 Å². The number of sulfonamides is 1. The van der Waals surface area contributed by atoms with E-state index in [-0.39, 0.29) is 11.0 Å². The third-order valence-electron chi connectivity index (χ3n) is 6.06. The SMILES string of the molecule is CN(CC1CC(Oc2ccc(CN3CCCC3)cc2)C1)S(=O)(=O)c1ccc(Cl)cc1. The van der Waals surface area contributed by atoms with Crippen LogP contribution in [0.3, 0.4) is 0 Å². The van der Waals surface area contributed by atoms with E-state index in [2.05, 4.69) is 29.2 Å². The number of likely N-dealkylation sites (tertiary alicyclic amines) is 1. The molecule has 0 atom stereocenters. The summed E-state index contributed by atoms with van der Waals surface area (Å²) < 4.78 is 32.9. The van der Waals surface area contributed by atoms with Crippen LogP contribution in [0.25, 0.3) is 0 Å². The lowest BCUT2D eigenvalue weighted by Crippen LogP contribution is -2.41. The zero-order chi connectivity index (χ0) is 21.1. The first kappa shape index (κ1) is 21.6. The normalized spacial score (nSPS) is 22.2. The Morgan fingerprint density at radius 1 is 1.03 bits per heavy atom. The average Bonchev–Trinajstić information content (AvgIpc) is 3.21. The Hall–Kier alpha value is -1.60. The van der Waals surface area contributed by atoms with E-state index in [9.17, 15) is 8.42 Å². The van der Waals surface area contributed by atoms with Gasteiger partial charge in [0.15, 0.2) is 0 Å². The smallest absolute Gasteiger partial charge is 0.242 e. The van der Waals surface area contributed by atoms with Crippen molar-refractivity contribution in [3.8, 4) is 5.75 Å². The number of hydrogen-bond acceptors (Lipinski definition) is 4. The van der Waals surface area contributed by atoms with Gasteiger partial charge >= 0.3 is 0 Å². The van der Waals surface area contributed by atoms with Gasteiger partial charge in [-0.2, -0.15) is 0 Å². The maximum atomic E-state index is 12.7. The maximum absolute atomic E-state index is 12.7. The van der Waals surface area contributed by atoms with E-state index in [1.807, 2.05) is 0 Å². The van der Waals surface area contributed by atoms with Crippen LogP contribution < -0.4 is 4.74 Å². The van der Waals surface area contributed by atoms with E-state index in [1.54, 1.807) is 31.3 Å². The van der Waals surface area contributed by atoms with Gasteiger partial charge in [-0.15, -0.1) is 0 Å². The number of rotatable bonds is 8. The van der Waals surface area contributed by atoms with Crippen molar-refractivity contribution in [2.24, 2.45) is 5.92 Å². The van der Waals surface area contributed by atoms with Crippen molar-refractivity contribution in [1.82, 2.24) is 9.21 Å². The molecular formula is C23H29ClN2O3S. The largest absolute Gasteiger partial charge is 0.490 e. The lowest BCUT2D eigenvalue weighted by atomic mass is 9.82. The molecule has 7 heteroatoms. The van der Waals surface area contributed by atoms with Gasteiger partial charge < -0.3 is 4.74 Å². The Kier molecular flexibility index (Phi) is 6.68. The topological polar surface area (TPSA) is 49.9 Å². The summed E-state index contributed by atoms with van der Waals surface area (Å²) in [4.78, 5) is 2.76. The number of benzene rings is 2. The molecule has 162 valence electrons. The Morgan fingerprint density at radius 3 is 2.30 bits per heavy atom. The minimum absolute atomic E-state index is 0.158. The van der Waals surface area contributed by atoms with Gasteiger partial charge in [-0.05, 0) is 86.7 Å². The van der Waals surface area contributed by atoms with E-state index >= 15 is 0 Å². The first-order valence-corrected chi connectivity index (χ1v) is 12.4. The molecule has 1 saturated carbocycles. The predicted molar refractivity (Wildman–Crippen MR) is 119 cm³/mol. The summed E-state index contributed by atoms with van der Waals surface area (Å²) in [7, 11) is -1.85. The Balaban J connectivity index is 1.23. The molecule has 1 aliphatic heterocycles. The highest BCUT2D eigenvalue weighted by Crippen LogP contribution is 2.33. The first-order chi connectivity index (χ1) is 14.4. The highest BCUT2D eigenvalue weighted by atomic mass is 35.5. The summed E-state index contributed by atoms with van der Waals surface area (Å²) in [5.41, 5.74) is 1.32. The molecule has 0 bridgehead atoms. The summed E-state index contributed by atoms with van der Waals surface area (Å²) in [5, 5.41) is 0.527. The molecule has 2 aliphatic rings. The van der Waals surface area contributed by atoms with Crippen LogP contribution in [0.15, 0.2) is 53.4 Å². The molecule has 0 amide bonds. The van der Waals surface area contributed by atoms with Crippen LogP contribution in [0.2, 0.25) is 5.02 Å². The molecule has 1 heterocycles. The monoisotopic (exact) mass is 448 g/mol. The van der Waals surface area contributed by atoms with Gasteiger partial charge in [0.25, 0.3) is 0 Å². The van der Waals surface area contributed by atoms with Crippen molar-refractivity contribution in [2.75, 3.05) is 26.7 Å². The molecule has 0 unspecified atom stereocenters. The molecule has 0 spiro atoms. The van der Waals surface area contributed by atoms with Gasteiger partial charge in [0.05, 0.1) is 11.0 Å². The van der Waals surface area contributed by atoms with Crippen molar-refractivity contribution in [2.45, 2.75) is 43.2 Å². The van der Waals surface area contributed by atoms with Crippen molar-refractivity contribution in [3.63, 3.8) is 0 Å². The second-order valence-corrected chi connectivity index (χ2v) is 10.9. The highest BCUT2D eigenvalue weighted by molar-refractivity contribution is 7.89. The van der Waals surface area contributed by atoms with Crippen LogP contribution in [0.1, 0.15) is 31.2 Å². The quantitative estimate of drug-likeness (QED) is 0.600. The lowest BCUT2D eigenvalue weighted by molar-refractivity contribution is 0.0575.